The van der Waals surface area contributed by atoms with E-state index in [-0.39, 0.29) is 17.8 Å². The van der Waals surface area contributed by atoms with Crippen LogP contribution in [0.2, 0.25) is 0 Å². The zero-order valence-corrected chi connectivity index (χ0v) is 13.3. The molecule has 0 aliphatic carbocycles. The third-order valence-electron chi connectivity index (χ3n) is 3.65. The van der Waals surface area contributed by atoms with Crippen molar-refractivity contribution in [2.45, 2.75) is 6.54 Å². The molecule has 8 heteroatoms. The lowest BCUT2D eigenvalue weighted by Gasteiger charge is -2.09. The maximum atomic E-state index is 13.6. The summed E-state index contributed by atoms with van der Waals surface area (Å²) in [5, 5.41) is 10.3. The molecule has 0 bridgehead atoms. The van der Waals surface area contributed by atoms with E-state index in [1.54, 1.807) is 6.07 Å². The highest BCUT2D eigenvalue weighted by Gasteiger charge is 2.13. The highest BCUT2D eigenvalue weighted by molar-refractivity contribution is 5.84. The molecule has 1 aromatic heterocycles. The van der Waals surface area contributed by atoms with E-state index in [1.807, 2.05) is 0 Å². The van der Waals surface area contributed by atoms with Gasteiger partial charge in [0.25, 0.3) is 5.56 Å². The molecule has 0 aliphatic heterocycles. The number of rotatable bonds is 4. The number of aromatic amines is 1. The van der Waals surface area contributed by atoms with Gasteiger partial charge in [0, 0.05) is 6.21 Å². The van der Waals surface area contributed by atoms with E-state index in [2.05, 4.69) is 9.98 Å². The second-order valence-electron chi connectivity index (χ2n) is 5.42. The number of H-pyrrole nitrogens is 1. The Hall–Kier alpha value is -3.55. The van der Waals surface area contributed by atoms with Gasteiger partial charge < -0.3 is 5.11 Å². The average Bonchev–Trinajstić information content (AvgIpc) is 2.61. The summed E-state index contributed by atoms with van der Waals surface area (Å²) in [6.07, 6.45) is 0.979. The molecule has 3 rings (SSSR count). The van der Waals surface area contributed by atoms with Gasteiger partial charge in [-0.2, -0.15) is 0 Å². The fourth-order valence-corrected chi connectivity index (χ4v) is 2.30. The first-order valence-corrected chi connectivity index (χ1v) is 7.55. The Morgan fingerprint density at radius 3 is 2.46 bits per heavy atom. The minimum Gasteiger partial charge on any atom is -0.494 e. The summed E-state index contributed by atoms with van der Waals surface area (Å²) < 4.78 is 27.5. The zero-order valence-electron chi connectivity index (χ0n) is 13.3. The third kappa shape index (κ3) is 3.59. The molecule has 6 nitrogen and oxygen atoms in total. The van der Waals surface area contributed by atoms with Crippen molar-refractivity contribution in [2.75, 3.05) is 0 Å². The standard InChI is InChI=1S/C18H13F2N3O3/c19-12-7-5-11(6-8-12)10-23-17(25)13(16(24)22-18(23)26)9-21-15-4-2-1-3-14(15)20/h1-9,25H,10H2,(H,22,24,26). The van der Waals surface area contributed by atoms with Crippen LogP contribution in [0.25, 0.3) is 0 Å². The van der Waals surface area contributed by atoms with Crippen LogP contribution in [0.15, 0.2) is 63.1 Å². The first-order chi connectivity index (χ1) is 12.5. The maximum absolute atomic E-state index is 13.6. The number of nitrogens with zero attached hydrogens (tertiary/aromatic N) is 2. The highest BCUT2D eigenvalue weighted by atomic mass is 19.1. The number of aliphatic imine (C=N–C) groups is 1. The van der Waals surface area contributed by atoms with Crippen LogP contribution in [0.1, 0.15) is 11.1 Å². The topological polar surface area (TPSA) is 87.5 Å². The molecular formula is C18H13F2N3O3. The third-order valence-corrected chi connectivity index (χ3v) is 3.65. The number of hydrogen-bond donors (Lipinski definition) is 2. The Morgan fingerprint density at radius 2 is 1.77 bits per heavy atom. The van der Waals surface area contributed by atoms with Gasteiger partial charge in [-0.3, -0.25) is 19.3 Å². The van der Waals surface area contributed by atoms with Crippen molar-refractivity contribution in [3.8, 4) is 5.88 Å². The largest absolute Gasteiger partial charge is 0.494 e. The Bertz CT molecular complexity index is 1090. The fraction of sp³-hybridized carbons (Fsp3) is 0.0556. The van der Waals surface area contributed by atoms with Crippen LogP contribution < -0.4 is 11.2 Å². The predicted molar refractivity (Wildman–Crippen MR) is 92.1 cm³/mol. The Morgan fingerprint density at radius 1 is 1.08 bits per heavy atom. The Kier molecular flexibility index (Phi) is 4.74. The van der Waals surface area contributed by atoms with E-state index in [0.717, 1.165) is 10.8 Å². The van der Waals surface area contributed by atoms with E-state index in [1.165, 1.54) is 42.5 Å². The van der Waals surface area contributed by atoms with Crippen molar-refractivity contribution in [3.63, 3.8) is 0 Å². The highest BCUT2D eigenvalue weighted by Crippen LogP contribution is 2.17. The lowest BCUT2D eigenvalue weighted by atomic mass is 10.2. The van der Waals surface area contributed by atoms with Crippen molar-refractivity contribution in [2.24, 2.45) is 4.99 Å². The lowest BCUT2D eigenvalue weighted by Crippen LogP contribution is -2.32. The molecule has 0 fully saturated rings. The SMILES string of the molecule is O=c1[nH]c(=O)n(Cc2ccc(F)cc2)c(O)c1C=Nc1ccccc1F. The van der Waals surface area contributed by atoms with Crippen molar-refractivity contribution >= 4 is 11.9 Å². The normalized spacial score (nSPS) is 11.2. The van der Waals surface area contributed by atoms with Crippen LogP contribution in [0.3, 0.4) is 0 Å². The van der Waals surface area contributed by atoms with Gasteiger partial charge in [-0.1, -0.05) is 24.3 Å². The number of benzene rings is 2. The molecule has 0 aliphatic rings. The van der Waals surface area contributed by atoms with Crippen molar-refractivity contribution in [1.29, 1.82) is 0 Å². The molecular weight excluding hydrogens is 344 g/mol. The molecule has 3 aromatic rings. The molecule has 0 unspecified atom stereocenters. The summed E-state index contributed by atoms with van der Waals surface area (Å²) in [7, 11) is 0. The molecule has 132 valence electrons. The van der Waals surface area contributed by atoms with Gasteiger partial charge >= 0.3 is 5.69 Å². The summed E-state index contributed by atoms with van der Waals surface area (Å²) in [4.78, 5) is 29.8. The number of hydrogen-bond acceptors (Lipinski definition) is 4. The summed E-state index contributed by atoms with van der Waals surface area (Å²) in [6, 6.07) is 11.0. The minimum atomic E-state index is -0.858. The summed E-state index contributed by atoms with van der Waals surface area (Å²) in [5.41, 5.74) is -1.48. The van der Waals surface area contributed by atoms with E-state index >= 15 is 0 Å². The van der Waals surface area contributed by atoms with Crippen molar-refractivity contribution in [3.05, 3.63) is 92.1 Å². The molecule has 2 aromatic carbocycles. The van der Waals surface area contributed by atoms with Crippen LogP contribution in [0, 0.1) is 11.6 Å². The molecule has 26 heavy (non-hydrogen) atoms. The van der Waals surface area contributed by atoms with Crippen molar-refractivity contribution in [1.82, 2.24) is 9.55 Å². The van der Waals surface area contributed by atoms with Crippen LogP contribution in [0.5, 0.6) is 5.88 Å². The first kappa shape index (κ1) is 17.3. The second kappa shape index (κ2) is 7.14. The van der Waals surface area contributed by atoms with Crippen molar-refractivity contribution < 1.29 is 13.9 Å². The number of nitrogens with one attached hydrogen (secondary N) is 1. The van der Waals surface area contributed by atoms with Crippen LogP contribution in [-0.4, -0.2) is 20.9 Å². The van der Waals surface area contributed by atoms with E-state index < -0.39 is 28.8 Å². The van der Waals surface area contributed by atoms with Gasteiger partial charge in [-0.05, 0) is 29.8 Å². The molecule has 1 heterocycles. The smallest absolute Gasteiger partial charge is 0.331 e. The molecule has 0 radical (unpaired) electrons. The molecule has 0 saturated heterocycles. The minimum absolute atomic E-state index is 0.0254. The van der Waals surface area contributed by atoms with Crippen LogP contribution >= 0.6 is 0 Å². The van der Waals surface area contributed by atoms with E-state index in [4.69, 9.17) is 0 Å². The monoisotopic (exact) mass is 357 g/mol. The molecule has 0 saturated carbocycles. The lowest BCUT2D eigenvalue weighted by molar-refractivity contribution is 0.408. The van der Waals surface area contributed by atoms with Gasteiger partial charge in [-0.15, -0.1) is 0 Å². The fourth-order valence-electron chi connectivity index (χ4n) is 2.30. The van der Waals surface area contributed by atoms with Crippen LogP contribution in [0.4, 0.5) is 14.5 Å². The number of halogens is 2. The van der Waals surface area contributed by atoms with Crippen LogP contribution in [-0.2, 0) is 6.54 Å². The number of para-hydroxylation sites is 1. The summed E-state index contributed by atoms with van der Waals surface area (Å²) in [5.74, 6) is -1.66. The van der Waals surface area contributed by atoms with Gasteiger partial charge in [0.15, 0.2) is 0 Å². The van der Waals surface area contributed by atoms with Gasteiger partial charge in [0.2, 0.25) is 5.88 Å². The number of aromatic hydroxyl groups is 1. The first-order valence-electron chi connectivity index (χ1n) is 7.55. The molecule has 2 N–H and O–H groups in total. The predicted octanol–water partition coefficient (Wildman–Crippen LogP) is 2.32. The van der Waals surface area contributed by atoms with Gasteiger partial charge in [0.1, 0.15) is 17.2 Å². The van der Waals surface area contributed by atoms with E-state index in [0.29, 0.717) is 5.56 Å². The second-order valence-corrected chi connectivity index (χ2v) is 5.42. The summed E-state index contributed by atoms with van der Waals surface area (Å²) in [6.45, 7) is -0.0950. The summed E-state index contributed by atoms with van der Waals surface area (Å²) >= 11 is 0. The molecule has 0 amide bonds. The van der Waals surface area contributed by atoms with Gasteiger partial charge in [0.05, 0.1) is 12.2 Å². The Labute approximate surface area is 145 Å². The average molecular weight is 357 g/mol. The molecule has 0 spiro atoms. The maximum Gasteiger partial charge on any atom is 0.331 e. The quantitative estimate of drug-likeness (QED) is 0.703. The Balaban J connectivity index is 2.01. The van der Waals surface area contributed by atoms with E-state index in [9.17, 15) is 23.5 Å². The molecule has 0 atom stereocenters. The zero-order chi connectivity index (χ0) is 18.7. The van der Waals surface area contributed by atoms with Gasteiger partial charge in [-0.25, -0.2) is 13.6 Å². The number of aromatic nitrogens is 2.